The van der Waals surface area contributed by atoms with Crippen molar-refractivity contribution in [2.24, 2.45) is 5.73 Å². The van der Waals surface area contributed by atoms with Gasteiger partial charge >= 0.3 is 11.9 Å². The van der Waals surface area contributed by atoms with Crippen molar-refractivity contribution in [3.05, 3.63) is 0 Å². The summed E-state index contributed by atoms with van der Waals surface area (Å²) in [4.78, 5) is 46.0. The fraction of sp³-hybridized carbons (Fsp3) is 0.733. The number of nitrogens with zero attached hydrogens (tertiary/aromatic N) is 1. The Morgan fingerprint density at radius 3 is 2.31 bits per heavy atom. The molecule has 0 aliphatic carbocycles. The van der Waals surface area contributed by atoms with Crippen LogP contribution in [0.4, 0.5) is 0 Å². The number of esters is 1. The molecule has 0 saturated heterocycles. The van der Waals surface area contributed by atoms with Crippen LogP contribution in [0.2, 0.25) is 0 Å². The van der Waals surface area contributed by atoms with E-state index in [1.807, 2.05) is 21.1 Å². The molecule has 2 amide bonds. The smallest absolute Gasteiger partial charge is 0.325 e. The summed E-state index contributed by atoms with van der Waals surface area (Å²) in [6, 6.07) is -2.05. The summed E-state index contributed by atoms with van der Waals surface area (Å²) in [5, 5.41) is 13.3. The van der Waals surface area contributed by atoms with Crippen LogP contribution in [0.25, 0.3) is 0 Å². The predicted molar refractivity (Wildman–Crippen MR) is 97.5 cm³/mol. The second-order valence-electron chi connectivity index (χ2n) is 6.73. The molecule has 0 aromatic rings. The van der Waals surface area contributed by atoms with Gasteiger partial charge in [0.2, 0.25) is 11.8 Å². The Morgan fingerprint density at radius 1 is 1.19 bits per heavy atom. The van der Waals surface area contributed by atoms with E-state index in [0.717, 1.165) is 0 Å². The van der Waals surface area contributed by atoms with E-state index in [9.17, 15) is 19.2 Å². The molecule has 150 valence electrons. The van der Waals surface area contributed by atoms with Gasteiger partial charge in [0.1, 0.15) is 25.7 Å². The van der Waals surface area contributed by atoms with E-state index in [-0.39, 0.29) is 31.7 Å². The lowest BCUT2D eigenvalue weighted by Crippen LogP contribution is -2.53. The summed E-state index contributed by atoms with van der Waals surface area (Å²) in [7, 11) is 5.87. The number of carboxylic acid groups (broad SMARTS) is 1. The first-order chi connectivity index (χ1) is 12.0. The highest BCUT2D eigenvalue weighted by Gasteiger charge is 2.23. The van der Waals surface area contributed by atoms with Gasteiger partial charge in [0, 0.05) is 12.2 Å². The Morgan fingerprint density at radius 2 is 1.81 bits per heavy atom. The van der Waals surface area contributed by atoms with Crippen molar-refractivity contribution in [1.82, 2.24) is 10.6 Å². The maximum Gasteiger partial charge on any atom is 0.325 e. The minimum absolute atomic E-state index is 0.0141. The third-order valence-corrected chi connectivity index (χ3v) is 3.62. The maximum atomic E-state index is 12.0. The number of nitrogens with one attached hydrogen (secondary N) is 2. The molecular weight excluding hydrogens is 364 g/mol. The molecule has 10 nitrogen and oxygen atoms in total. The van der Waals surface area contributed by atoms with Crippen LogP contribution in [0, 0.1) is 0 Å². The van der Waals surface area contributed by atoms with E-state index < -0.39 is 35.8 Å². The average Bonchev–Trinajstić information content (AvgIpc) is 2.53. The second kappa shape index (κ2) is 11.7. The number of ether oxygens (including phenoxy) is 1. The molecule has 0 aromatic heterocycles. The van der Waals surface area contributed by atoms with Crippen molar-refractivity contribution in [1.29, 1.82) is 0 Å². The summed E-state index contributed by atoms with van der Waals surface area (Å²) in [6.45, 7) is 0.522. The number of aliphatic carboxylic acids is 1. The number of amides is 2. The summed E-state index contributed by atoms with van der Waals surface area (Å²) < 4.78 is 5.64. The first kappa shape index (κ1) is 24.1. The zero-order chi connectivity index (χ0) is 20.3. The molecule has 0 bridgehead atoms. The third-order valence-electron chi connectivity index (χ3n) is 3.25. The third kappa shape index (κ3) is 11.7. The van der Waals surface area contributed by atoms with Crippen LogP contribution < -0.4 is 16.4 Å². The molecule has 0 rings (SSSR count). The molecule has 0 unspecified atom stereocenters. The Bertz CT molecular complexity index is 509. The van der Waals surface area contributed by atoms with E-state index >= 15 is 0 Å². The van der Waals surface area contributed by atoms with Gasteiger partial charge in [-0.25, -0.2) is 0 Å². The van der Waals surface area contributed by atoms with Crippen LogP contribution >= 0.6 is 12.6 Å². The molecule has 0 saturated carbocycles. The van der Waals surface area contributed by atoms with Crippen LogP contribution in [-0.2, 0) is 23.9 Å². The number of rotatable bonds is 12. The Hall–Kier alpha value is -1.85. The molecule has 5 N–H and O–H groups in total. The van der Waals surface area contributed by atoms with Gasteiger partial charge in [0.05, 0.1) is 27.2 Å². The van der Waals surface area contributed by atoms with Crippen molar-refractivity contribution in [3.63, 3.8) is 0 Å². The van der Waals surface area contributed by atoms with Crippen molar-refractivity contribution >= 4 is 36.4 Å². The molecule has 0 fully saturated rings. The van der Waals surface area contributed by atoms with Crippen LogP contribution in [0.3, 0.4) is 0 Å². The quantitative estimate of drug-likeness (QED) is 0.146. The lowest BCUT2D eigenvalue weighted by molar-refractivity contribution is -0.870. The standard InChI is InChI=1S/C15H28N4O6S/c1-19(2,3)6-7-25-13(22)8-17-15(24)11(9-26)18-14(23)10(16)4-5-12(20)21/h10-11H,4-9,16H2,1-3H3,(H3-,17,18,20,21,23,24,26)/p+1/t10-,11+/m0/s1. The van der Waals surface area contributed by atoms with E-state index in [4.69, 9.17) is 15.6 Å². The molecule has 2 atom stereocenters. The molecule has 0 spiro atoms. The minimum atomic E-state index is -1.07. The molecule has 0 aliphatic rings. The summed E-state index contributed by atoms with van der Waals surface area (Å²) in [5.41, 5.74) is 5.57. The van der Waals surface area contributed by atoms with E-state index in [1.165, 1.54) is 0 Å². The van der Waals surface area contributed by atoms with Gasteiger partial charge in [0.15, 0.2) is 0 Å². The lowest BCUT2D eigenvalue weighted by Gasteiger charge is -2.23. The first-order valence-electron chi connectivity index (χ1n) is 8.08. The monoisotopic (exact) mass is 393 g/mol. The molecule has 26 heavy (non-hydrogen) atoms. The first-order valence-corrected chi connectivity index (χ1v) is 8.72. The van der Waals surface area contributed by atoms with Crippen molar-refractivity contribution in [3.8, 4) is 0 Å². The largest absolute Gasteiger partial charge is 0.481 e. The van der Waals surface area contributed by atoms with Gasteiger partial charge < -0.3 is 30.7 Å². The van der Waals surface area contributed by atoms with Gasteiger partial charge in [-0.3, -0.25) is 19.2 Å². The minimum Gasteiger partial charge on any atom is -0.481 e. The molecule has 0 aliphatic heterocycles. The lowest BCUT2D eigenvalue weighted by atomic mass is 10.1. The number of thiol groups is 1. The number of carbonyl (C=O) groups is 4. The number of likely N-dealkylation sites (N-methyl/N-ethyl adjacent to an activating group) is 1. The van der Waals surface area contributed by atoms with Crippen LogP contribution in [0.1, 0.15) is 12.8 Å². The molecule has 0 radical (unpaired) electrons. The highest BCUT2D eigenvalue weighted by Crippen LogP contribution is 1.97. The molecular formula is C15H29N4O6S+. The van der Waals surface area contributed by atoms with Crippen molar-refractivity contribution in [2.45, 2.75) is 24.9 Å². The van der Waals surface area contributed by atoms with Gasteiger partial charge in [-0.1, -0.05) is 0 Å². The number of hydrogen-bond donors (Lipinski definition) is 5. The predicted octanol–water partition coefficient (Wildman–Crippen LogP) is -2.04. The topological polar surface area (TPSA) is 148 Å². The van der Waals surface area contributed by atoms with Gasteiger partial charge in [-0.05, 0) is 6.42 Å². The van der Waals surface area contributed by atoms with Gasteiger partial charge in [-0.15, -0.1) is 0 Å². The zero-order valence-electron chi connectivity index (χ0n) is 15.4. The Labute approximate surface area is 158 Å². The number of quaternary nitrogens is 1. The molecule has 0 heterocycles. The van der Waals surface area contributed by atoms with Crippen LogP contribution in [0.5, 0.6) is 0 Å². The summed E-state index contributed by atoms with van der Waals surface area (Å²) >= 11 is 3.99. The van der Waals surface area contributed by atoms with Crippen molar-refractivity contribution in [2.75, 3.05) is 46.6 Å². The van der Waals surface area contributed by atoms with Crippen molar-refractivity contribution < 1.29 is 33.5 Å². The molecule has 11 heteroatoms. The number of hydrogen-bond acceptors (Lipinski definition) is 7. The fourth-order valence-electron chi connectivity index (χ4n) is 1.65. The van der Waals surface area contributed by atoms with Crippen LogP contribution in [0.15, 0.2) is 0 Å². The number of carbonyl (C=O) groups excluding carboxylic acids is 3. The van der Waals surface area contributed by atoms with Gasteiger partial charge in [0.25, 0.3) is 0 Å². The SMILES string of the molecule is C[N+](C)(C)CCOC(=O)CNC(=O)[C@@H](CS)NC(=O)[C@@H](N)CCC(=O)O. The maximum absolute atomic E-state index is 12.0. The zero-order valence-corrected chi connectivity index (χ0v) is 16.3. The van der Waals surface area contributed by atoms with E-state index in [2.05, 4.69) is 23.3 Å². The Balaban J connectivity index is 4.29. The normalized spacial score (nSPS) is 13.4. The van der Waals surface area contributed by atoms with E-state index in [0.29, 0.717) is 11.0 Å². The average molecular weight is 393 g/mol. The van der Waals surface area contributed by atoms with Crippen LogP contribution in [-0.4, -0.2) is 92.0 Å². The highest BCUT2D eigenvalue weighted by atomic mass is 32.1. The summed E-state index contributed by atoms with van der Waals surface area (Å²) in [6.07, 6.45) is -0.313. The Kier molecular flexibility index (Phi) is 10.9. The highest BCUT2D eigenvalue weighted by molar-refractivity contribution is 7.80. The second-order valence-corrected chi connectivity index (χ2v) is 7.10. The number of nitrogens with two attached hydrogens (primary N) is 1. The summed E-state index contributed by atoms with van der Waals surface area (Å²) in [5.74, 6) is -2.94. The fourth-order valence-corrected chi connectivity index (χ4v) is 1.91. The van der Waals surface area contributed by atoms with Gasteiger partial charge in [-0.2, -0.15) is 12.6 Å². The number of carboxylic acids is 1. The molecule has 0 aromatic carbocycles. The van der Waals surface area contributed by atoms with E-state index in [1.54, 1.807) is 0 Å².